The SMILES string of the molecule is C=C1CCc2cc(Nc3cc(NC)c([N+](=O)[O-])cc3Cl)ccc2C1. The van der Waals surface area contributed by atoms with Crippen LogP contribution in [0.4, 0.5) is 22.7 Å². The van der Waals surface area contributed by atoms with Gasteiger partial charge in [-0.2, -0.15) is 0 Å². The summed E-state index contributed by atoms with van der Waals surface area (Å²) in [5, 5.41) is 17.5. The highest BCUT2D eigenvalue weighted by Crippen LogP contribution is 2.36. The van der Waals surface area contributed by atoms with Gasteiger partial charge in [0.05, 0.1) is 15.6 Å². The molecule has 1 aliphatic rings. The van der Waals surface area contributed by atoms with E-state index in [2.05, 4.69) is 29.3 Å². The molecule has 0 saturated carbocycles. The molecule has 0 aromatic heterocycles. The smallest absolute Gasteiger partial charge is 0.293 e. The lowest BCUT2D eigenvalue weighted by molar-refractivity contribution is -0.383. The Kier molecular flexibility index (Phi) is 4.44. The molecule has 0 spiro atoms. The molecule has 0 atom stereocenters. The Labute approximate surface area is 145 Å². The Morgan fingerprint density at radius 1 is 1.17 bits per heavy atom. The van der Waals surface area contributed by atoms with E-state index >= 15 is 0 Å². The second kappa shape index (κ2) is 6.53. The topological polar surface area (TPSA) is 67.2 Å². The summed E-state index contributed by atoms with van der Waals surface area (Å²) < 4.78 is 0. The molecule has 0 fully saturated rings. The van der Waals surface area contributed by atoms with Gasteiger partial charge in [-0.05, 0) is 48.6 Å². The number of benzene rings is 2. The van der Waals surface area contributed by atoms with Crippen LogP contribution >= 0.6 is 11.6 Å². The molecule has 24 heavy (non-hydrogen) atoms. The van der Waals surface area contributed by atoms with E-state index in [0.29, 0.717) is 16.4 Å². The third kappa shape index (κ3) is 3.21. The van der Waals surface area contributed by atoms with E-state index in [-0.39, 0.29) is 5.69 Å². The zero-order chi connectivity index (χ0) is 17.3. The number of nitro groups is 1. The molecule has 2 aromatic carbocycles. The van der Waals surface area contributed by atoms with Crippen molar-refractivity contribution < 1.29 is 4.92 Å². The fraction of sp³-hybridized carbons (Fsp3) is 0.222. The summed E-state index contributed by atoms with van der Waals surface area (Å²) >= 11 is 6.21. The first-order valence-corrected chi connectivity index (χ1v) is 8.07. The van der Waals surface area contributed by atoms with Gasteiger partial charge in [0.2, 0.25) is 0 Å². The molecule has 6 heteroatoms. The zero-order valence-corrected chi connectivity index (χ0v) is 14.1. The van der Waals surface area contributed by atoms with Crippen LogP contribution in [0.3, 0.4) is 0 Å². The minimum Gasteiger partial charge on any atom is -0.383 e. The van der Waals surface area contributed by atoms with E-state index < -0.39 is 4.92 Å². The predicted octanol–water partition coefficient (Wildman–Crippen LogP) is 5.08. The average molecular weight is 344 g/mol. The fourth-order valence-corrected chi connectivity index (χ4v) is 3.15. The molecular weight excluding hydrogens is 326 g/mol. The minimum absolute atomic E-state index is 0.0444. The van der Waals surface area contributed by atoms with Gasteiger partial charge in [0.1, 0.15) is 5.69 Å². The van der Waals surface area contributed by atoms with Crippen molar-refractivity contribution in [3.63, 3.8) is 0 Å². The van der Waals surface area contributed by atoms with E-state index in [9.17, 15) is 10.1 Å². The summed E-state index contributed by atoms with van der Waals surface area (Å²) in [5.74, 6) is 0. The van der Waals surface area contributed by atoms with E-state index in [1.807, 2.05) is 6.07 Å². The first kappa shape index (κ1) is 16.3. The number of allylic oxidation sites excluding steroid dienone is 1. The van der Waals surface area contributed by atoms with Gasteiger partial charge in [0.15, 0.2) is 0 Å². The first-order valence-electron chi connectivity index (χ1n) is 7.69. The number of anilines is 3. The average Bonchev–Trinajstić information content (AvgIpc) is 2.56. The van der Waals surface area contributed by atoms with Gasteiger partial charge >= 0.3 is 0 Å². The molecule has 0 saturated heterocycles. The summed E-state index contributed by atoms with van der Waals surface area (Å²) in [7, 11) is 1.64. The van der Waals surface area contributed by atoms with Crippen LogP contribution in [-0.2, 0) is 12.8 Å². The summed E-state index contributed by atoms with van der Waals surface area (Å²) in [6, 6.07) is 9.22. The van der Waals surface area contributed by atoms with Gasteiger partial charge in [-0.25, -0.2) is 0 Å². The van der Waals surface area contributed by atoms with E-state index in [1.54, 1.807) is 13.1 Å². The van der Waals surface area contributed by atoms with Crippen molar-refractivity contribution in [3.8, 4) is 0 Å². The maximum Gasteiger partial charge on any atom is 0.293 e. The molecule has 0 aliphatic heterocycles. The monoisotopic (exact) mass is 343 g/mol. The van der Waals surface area contributed by atoms with Crippen molar-refractivity contribution in [2.75, 3.05) is 17.7 Å². The molecule has 1 aliphatic carbocycles. The lowest BCUT2D eigenvalue weighted by Gasteiger charge is -2.19. The number of halogens is 1. The maximum absolute atomic E-state index is 11.1. The molecule has 0 radical (unpaired) electrons. The van der Waals surface area contributed by atoms with Crippen LogP contribution in [0.25, 0.3) is 0 Å². The highest BCUT2D eigenvalue weighted by molar-refractivity contribution is 6.33. The first-order chi connectivity index (χ1) is 11.5. The second-order valence-electron chi connectivity index (χ2n) is 5.89. The summed E-state index contributed by atoms with van der Waals surface area (Å²) in [6.45, 7) is 4.06. The molecule has 5 nitrogen and oxygen atoms in total. The summed E-state index contributed by atoms with van der Waals surface area (Å²) in [6.07, 6.45) is 2.93. The Hall–Kier alpha value is -2.53. The van der Waals surface area contributed by atoms with Crippen LogP contribution in [0, 0.1) is 10.1 Å². The zero-order valence-electron chi connectivity index (χ0n) is 13.4. The molecule has 0 amide bonds. The van der Waals surface area contributed by atoms with Gasteiger partial charge in [0, 0.05) is 18.8 Å². The number of nitrogens with zero attached hydrogens (tertiary/aromatic N) is 1. The quantitative estimate of drug-likeness (QED) is 0.461. The number of rotatable bonds is 4. The van der Waals surface area contributed by atoms with Crippen molar-refractivity contribution in [3.05, 3.63) is 68.7 Å². The van der Waals surface area contributed by atoms with E-state index in [4.69, 9.17) is 11.6 Å². The van der Waals surface area contributed by atoms with E-state index in [0.717, 1.165) is 24.9 Å². The lowest BCUT2D eigenvalue weighted by atomic mass is 9.88. The lowest BCUT2D eigenvalue weighted by Crippen LogP contribution is -2.05. The van der Waals surface area contributed by atoms with Gasteiger partial charge in [-0.3, -0.25) is 10.1 Å². The number of nitro benzene ring substituents is 1. The minimum atomic E-state index is -0.451. The van der Waals surface area contributed by atoms with Gasteiger partial charge in [0.25, 0.3) is 5.69 Å². The highest BCUT2D eigenvalue weighted by atomic mass is 35.5. The third-order valence-electron chi connectivity index (χ3n) is 4.23. The van der Waals surface area contributed by atoms with Crippen LogP contribution in [0.5, 0.6) is 0 Å². The number of aryl methyl sites for hydroxylation is 1. The number of nitrogens with one attached hydrogen (secondary N) is 2. The van der Waals surface area contributed by atoms with Crippen molar-refractivity contribution in [2.24, 2.45) is 0 Å². The maximum atomic E-state index is 11.1. The Morgan fingerprint density at radius 2 is 1.96 bits per heavy atom. The van der Waals surface area contributed by atoms with Crippen molar-refractivity contribution in [2.45, 2.75) is 19.3 Å². The second-order valence-corrected chi connectivity index (χ2v) is 6.30. The molecular formula is C18H18ClN3O2. The van der Waals surface area contributed by atoms with Gasteiger partial charge < -0.3 is 10.6 Å². The number of hydrogen-bond acceptors (Lipinski definition) is 4. The standard InChI is InChI=1S/C18H18ClN3O2/c1-11-3-4-13-8-14(6-5-12(13)7-11)21-16-10-17(20-2)18(22(23)24)9-15(16)19/h5-6,8-10,20-21H,1,3-4,7H2,2H3. The fourth-order valence-electron chi connectivity index (χ4n) is 2.94. The van der Waals surface area contributed by atoms with Crippen molar-refractivity contribution in [1.82, 2.24) is 0 Å². The largest absolute Gasteiger partial charge is 0.383 e. The van der Waals surface area contributed by atoms with E-state index in [1.165, 1.54) is 22.8 Å². The van der Waals surface area contributed by atoms with Gasteiger partial charge in [-0.15, -0.1) is 0 Å². The molecule has 0 bridgehead atoms. The Morgan fingerprint density at radius 3 is 2.67 bits per heavy atom. The molecule has 2 N–H and O–H groups in total. The molecule has 124 valence electrons. The van der Waals surface area contributed by atoms with Gasteiger partial charge in [-0.1, -0.05) is 29.8 Å². The Bertz CT molecular complexity index is 833. The van der Waals surface area contributed by atoms with Crippen LogP contribution in [-0.4, -0.2) is 12.0 Å². The van der Waals surface area contributed by atoms with Crippen LogP contribution in [0.15, 0.2) is 42.5 Å². The van der Waals surface area contributed by atoms with Crippen LogP contribution < -0.4 is 10.6 Å². The van der Waals surface area contributed by atoms with Crippen molar-refractivity contribution in [1.29, 1.82) is 0 Å². The van der Waals surface area contributed by atoms with Crippen molar-refractivity contribution >= 4 is 34.4 Å². The highest BCUT2D eigenvalue weighted by Gasteiger charge is 2.17. The normalized spacial score (nSPS) is 13.3. The molecule has 0 unspecified atom stereocenters. The molecule has 3 rings (SSSR count). The number of hydrogen-bond donors (Lipinski definition) is 2. The predicted molar refractivity (Wildman–Crippen MR) is 98.5 cm³/mol. The summed E-state index contributed by atoms with van der Waals surface area (Å²) in [5.41, 5.74) is 5.80. The molecule has 0 heterocycles. The molecule has 2 aromatic rings. The number of fused-ring (bicyclic) bond motifs is 1. The summed E-state index contributed by atoms with van der Waals surface area (Å²) in [4.78, 5) is 10.6. The Balaban J connectivity index is 1.91. The van der Waals surface area contributed by atoms with Crippen LogP contribution in [0.2, 0.25) is 5.02 Å². The van der Waals surface area contributed by atoms with Crippen LogP contribution in [0.1, 0.15) is 17.5 Å². The third-order valence-corrected chi connectivity index (χ3v) is 4.54.